The molecule has 21 heavy (non-hydrogen) atoms. The molecule has 6 heteroatoms. The Balaban J connectivity index is 3.01. The lowest BCUT2D eigenvalue weighted by molar-refractivity contribution is -0.123. The van der Waals surface area contributed by atoms with E-state index >= 15 is 0 Å². The second-order valence-corrected chi connectivity index (χ2v) is 4.89. The van der Waals surface area contributed by atoms with E-state index in [2.05, 4.69) is 19.2 Å². The number of rotatable bonds is 16. The van der Waals surface area contributed by atoms with Crippen LogP contribution in [0.1, 0.15) is 27.2 Å². The first-order valence-electron chi connectivity index (χ1n) is 7.72. The molecule has 0 saturated carbocycles. The van der Waals surface area contributed by atoms with Gasteiger partial charge in [0.15, 0.2) is 5.78 Å². The highest BCUT2D eigenvalue weighted by Crippen LogP contribution is 1.85. The van der Waals surface area contributed by atoms with Crippen LogP contribution in [0, 0.1) is 0 Å². The zero-order valence-corrected chi connectivity index (χ0v) is 13.7. The minimum atomic E-state index is 0.113. The van der Waals surface area contributed by atoms with Crippen molar-refractivity contribution in [2.75, 3.05) is 59.4 Å². The molecule has 0 bridgehead atoms. The molecule has 0 aliphatic carbocycles. The molecule has 0 aliphatic rings. The van der Waals surface area contributed by atoms with E-state index < -0.39 is 0 Å². The maximum absolute atomic E-state index is 10.9. The predicted molar refractivity (Wildman–Crippen MR) is 81.7 cm³/mol. The van der Waals surface area contributed by atoms with Gasteiger partial charge >= 0.3 is 0 Å². The summed E-state index contributed by atoms with van der Waals surface area (Å²) in [5.41, 5.74) is 0. The van der Waals surface area contributed by atoms with Gasteiger partial charge in [-0.05, 0) is 0 Å². The van der Waals surface area contributed by atoms with Crippen LogP contribution < -0.4 is 5.32 Å². The van der Waals surface area contributed by atoms with Crippen molar-refractivity contribution in [2.24, 2.45) is 0 Å². The Morgan fingerprint density at radius 2 is 1.33 bits per heavy atom. The molecule has 0 aliphatic heterocycles. The Bertz CT molecular complexity index is 236. The zero-order valence-electron chi connectivity index (χ0n) is 13.7. The average Bonchev–Trinajstić information content (AvgIpc) is 2.46. The highest BCUT2D eigenvalue weighted by molar-refractivity contribution is 5.79. The molecule has 0 atom stereocenters. The SMILES string of the molecule is CCC(=O)COCCOCCOCCOCCNC(C)C. The van der Waals surface area contributed by atoms with Gasteiger partial charge in [0.05, 0.1) is 46.2 Å². The third-order valence-electron chi connectivity index (χ3n) is 2.57. The molecule has 0 rings (SSSR count). The quantitative estimate of drug-likeness (QED) is 0.430. The number of carbonyl (C=O) groups is 1. The number of nitrogens with one attached hydrogen (secondary N) is 1. The van der Waals surface area contributed by atoms with Crippen LogP contribution in [0.2, 0.25) is 0 Å². The normalized spacial score (nSPS) is 11.2. The highest BCUT2D eigenvalue weighted by atomic mass is 16.6. The van der Waals surface area contributed by atoms with Gasteiger partial charge in [-0.15, -0.1) is 0 Å². The molecule has 0 radical (unpaired) electrons. The van der Waals surface area contributed by atoms with Gasteiger partial charge in [0.2, 0.25) is 0 Å². The highest BCUT2D eigenvalue weighted by Gasteiger charge is 1.97. The van der Waals surface area contributed by atoms with Gasteiger partial charge in [0.25, 0.3) is 0 Å². The molecule has 0 saturated heterocycles. The van der Waals surface area contributed by atoms with Gasteiger partial charge in [0.1, 0.15) is 6.61 Å². The summed E-state index contributed by atoms with van der Waals surface area (Å²) in [5.74, 6) is 0.113. The molecule has 0 aromatic carbocycles. The first kappa shape index (κ1) is 20.5. The zero-order chi connectivity index (χ0) is 15.8. The summed E-state index contributed by atoms with van der Waals surface area (Å²) >= 11 is 0. The van der Waals surface area contributed by atoms with Gasteiger partial charge in [0, 0.05) is 19.0 Å². The fourth-order valence-corrected chi connectivity index (χ4v) is 1.37. The summed E-state index contributed by atoms with van der Waals surface area (Å²) in [4.78, 5) is 10.9. The summed E-state index contributed by atoms with van der Waals surface area (Å²) in [7, 11) is 0. The second kappa shape index (κ2) is 15.9. The number of ketones is 1. The smallest absolute Gasteiger partial charge is 0.158 e. The molecule has 0 aromatic rings. The van der Waals surface area contributed by atoms with Crippen molar-refractivity contribution in [1.29, 1.82) is 0 Å². The van der Waals surface area contributed by atoms with E-state index in [1.807, 2.05) is 6.92 Å². The molecule has 6 nitrogen and oxygen atoms in total. The maximum atomic E-state index is 10.9. The van der Waals surface area contributed by atoms with Crippen LogP contribution in [-0.2, 0) is 23.7 Å². The number of ether oxygens (including phenoxy) is 4. The van der Waals surface area contributed by atoms with Crippen LogP contribution in [0.15, 0.2) is 0 Å². The topological polar surface area (TPSA) is 66.0 Å². The predicted octanol–water partition coefficient (Wildman–Crippen LogP) is 1.03. The molecule has 0 unspecified atom stereocenters. The lowest BCUT2D eigenvalue weighted by Crippen LogP contribution is -2.27. The summed E-state index contributed by atoms with van der Waals surface area (Å²) in [6.45, 7) is 11.0. The standard InChI is InChI=1S/C15H31NO5/c1-4-15(17)13-21-12-11-20-10-9-19-8-7-18-6-5-16-14(2)3/h14,16H,4-13H2,1-3H3. The van der Waals surface area contributed by atoms with E-state index in [0.717, 1.165) is 6.54 Å². The largest absolute Gasteiger partial charge is 0.378 e. The monoisotopic (exact) mass is 305 g/mol. The van der Waals surface area contributed by atoms with Crippen molar-refractivity contribution in [3.05, 3.63) is 0 Å². The minimum absolute atomic E-state index is 0.113. The molecular weight excluding hydrogens is 274 g/mol. The molecule has 126 valence electrons. The molecule has 0 aromatic heterocycles. The van der Waals surface area contributed by atoms with Gasteiger partial charge in [-0.2, -0.15) is 0 Å². The van der Waals surface area contributed by atoms with E-state index in [1.54, 1.807) is 0 Å². The van der Waals surface area contributed by atoms with E-state index in [-0.39, 0.29) is 12.4 Å². The van der Waals surface area contributed by atoms with Gasteiger partial charge < -0.3 is 24.3 Å². The molecule has 0 heterocycles. The summed E-state index contributed by atoms with van der Waals surface area (Å²) in [6.07, 6.45) is 0.518. The second-order valence-electron chi connectivity index (χ2n) is 4.89. The summed E-state index contributed by atoms with van der Waals surface area (Å²) in [5, 5.41) is 3.27. The van der Waals surface area contributed by atoms with Crippen LogP contribution in [0.4, 0.5) is 0 Å². The Morgan fingerprint density at radius 3 is 1.81 bits per heavy atom. The van der Waals surface area contributed by atoms with E-state index in [4.69, 9.17) is 18.9 Å². The van der Waals surface area contributed by atoms with Crippen molar-refractivity contribution in [3.63, 3.8) is 0 Å². The fraction of sp³-hybridized carbons (Fsp3) is 0.933. The molecule has 1 N–H and O–H groups in total. The number of hydrogen-bond acceptors (Lipinski definition) is 6. The van der Waals surface area contributed by atoms with Crippen molar-refractivity contribution < 1.29 is 23.7 Å². The first-order chi connectivity index (χ1) is 10.2. The van der Waals surface area contributed by atoms with Gasteiger partial charge in [-0.25, -0.2) is 0 Å². The Hall–Kier alpha value is -0.530. The lowest BCUT2D eigenvalue weighted by atomic mass is 10.3. The average molecular weight is 305 g/mol. The molecule has 0 amide bonds. The Labute approximate surface area is 128 Å². The van der Waals surface area contributed by atoms with E-state index in [0.29, 0.717) is 58.7 Å². The third-order valence-corrected chi connectivity index (χ3v) is 2.57. The van der Waals surface area contributed by atoms with Crippen molar-refractivity contribution in [2.45, 2.75) is 33.2 Å². The summed E-state index contributed by atoms with van der Waals surface area (Å²) in [6, 6.07) is 0.492. The minimum Gasteiger partial charge on any atom is -0.378 e. The number of hydrogen-bond donors (Lipinski definition) is 1. The van der Waals surface area contributed by atoms with Crippen LogP contribution in [0.3, 0.4) is 0 Å². The fourth-order valence-electron chi connectivity index (χ4n) is 1.37. The van der Waals surface area contributed by atoms with Crippen LogP contribution in [0.25, 0.3) is 0 Å². The Morgan fingerprint density at radius 1 is 0.857 bits per heavy atom. The maximum Gasteiger partial charge on any atom is 0.158 e. The number of Topliss-reactive ketones (excluding diaryl/α,β-unsaturated/α-hetero) is 1. The van der Waals surface area contributed by atoms with Gasteiger partial charge in [-0.1, -0.05) is 20.8 Å². The van der Waals surface area contributed by atoms with Crippen molar-refractivity contribution in [1.82, 2.24) is 5.32 Å². The Kier molecular flexibility index (Phi) is 15.5. The van der Waals surface area contributed by atoms with Crippen LogP contribution in [-0.4, -0.2) is 71.2 Å². The van der Waals surface area contributed by atoms with Crippen LogP contribution in [0.5, 0.6) is 0 Å². The number of carbonyl (C=O) groups excluding carboxylic acids is 1. The van der Waals surface area contributed by atoms with E-state index in [9.17, 15) is 4.79 Å². The van der Waals surface area contributed by atoms with E-state index in [1.165, 1.54) is 0 Å². The van der Waals surface area contributed by atoms with Gasteiger partial charge in [-0.3, -0.25) is 4.79 Å². The molecular formula is C15H31NO5. The lowest BCUT2D eigenvalue weighted by Gasteiger charge is -2.09. The first-order valence-corrected chi connectivity index (χ1v) is 7.72. The van der Waals surface area contributed by atoms with Crippen molar-refractivity contribution >= 4 is 5.78 Å². The molecule has 0 fully saturated rings. The van der Waals surface area contributed by atoms with Crippen LogP contribution >= 0.6 is 0 Å². The van der Waals surface area contributed by atoms with Crippen molar-refractivity contribution in [3.8, 4) is 0 Å². The third kappa shape index (κ3) is 17.4. The molecule has 0 spiro atoms. The summed E-state index contributed by atoms with van der Waals surface area (Å²) < 4.78 is 21.2.